The predicted molar refractivity (Wildman–Crippen MR) is 69.9 cm³/mol. The van der Waals surface area contributed by atoms with Crippen molar-refractivity contribution in [1.29, 1.82) is 0 Å². The molecule has 0 amide bonds. The van der Waals surface area contributed by atoms with Gasteiger partial charge in [-0.05, 0) is 24.6 Å². The summed E-state index contributed by atoms with van der Waals surface area (Å²) in [5, 5.41) is 8.69. The average Bonchev–Trinajstić information content (AvgIpc) is 2.87. The van der Waals surface area contributed by atoms with Crippen molar-refractivity contribution in [3.05, 3.63) is 34.8 Å². The van der Waals surface area contributed by atoms with Gasteiger partial charge in [-0.25, -0.2) is 0 Å². The molecule has 2 rings (SSSR count). The van der Waals surface area contributed by atoms with E-state index in [1.165, 1.54) is 0 Å². The van der Waals surface area contributed by atoms with Gasteiger partial charge < -0.3 is 10.1 Å². The molecular weight excluding hydrogens is 291 g/mol. The van der Waals surface area contributed by atoms with E-state index in [-0.39, 0.29) is 11.2 Å². The molecule has 0 bridgehead atoms. The summed E-state index contributed by atoms with van der Waals surface area (Å²) in [7, 11) is 1.57. The van der Waals surface area contributed by atoms with Gasteiger partial charge in [0, 0.05) is 0 Å². The Morgan fingerprint density at radius 1 is 1.20 bits per heavy atom. The van der Waals surface area contributed by atoms with E-state index in [4.69, 9.17) is 4.74 Å². The van der Waals surface area contributed by atoms with Gasteiger partial charge in [-0.2, -0.15) is 13.2 Å². The predicted octanol–water partition coefficient (Wildman–Crippen LogP) is 3.74. The first-order chi connectivity index (χ1) is 9.40. The largest absolute Gasteiger partial charge is 0.497 e. The standard InChI is InChI=1S/C12H12F3N3OS/c1-7(8-3-5-9(19-2)6-4-8)16-11-18-17-10(20-11)12(13,14)15/h3-7H,1-2H3,(H,16,18). The van der Waals surface area contributed by atoms with Crippen LogP contribution in [0.5, 0.6) is 5.75 Å². The van der Waals surface area contributed by atoms with Gasteiger partial charge in [0.05, 0.1) is 13.2 Å². The molecule has 0 aliphatic carbocycles. The molecule has 20 heavy (non-hydrogen) atoms. The zero-order valence-corrected chi connectivity index (χ0v) is 11.5. The number of halogens is 3. The minimum Gasteiger partial charge on any atom is -0.497 e. The average molecular weight is 303 g/mol. The number of methoxy groups -OCH3 is 1. The summed E-state index contributed by atoms with van der Waals surface area (Å²) in [6.45, 7) is 1.83. The van der Waals surface area contributed by atoms with E-state index in [1.54, 1.807) is 19.2 Å². The molecule has 0 fully saturated rings. The SMILES string of the molecule is COc1ccc(C(C)Nc2nnc(C(F)(F)F)s2)cc1. The number of ether oxygens (including phenoxy) is 1. The van der Waals surface area contributed by atoms with Crippen LogP contribution >= 0.6 is 11.3 Å². The summed E-state index contributed by atoms with van der Waals surface area (Å²) in [5.74, 6) is 0.719. The van der Waals surface area contributed by atoms with Gasteiger partial charge in [0.2, 0.25) is 10.1 Å². The topological polar surface area (TPSA) is 47.0 Å². The molecule has 108 valence electrons. The van der Waals surface area contributed by atoms with Crippen molar-refractivity contribution in [1.82, 2.24) is 10.2 Å². The van der Waals surface area contributed by atoms with Crippen LogP contribution in [0, 0.1) is 0 Å². The van der Waals surface area contributed by atoms with Crippen molar-refractivity contribution in [2.24, 2.45) is 0 Å². The summed E-state index contributed by atoms with van der Waals surface area (Å²) in [5.41, 5.74) is 0.912. The first kappa shape index (κ1) is 14.6. The maximum Gasteiger partial charge on any atom is 0.445 e. The molecule has 0 saturated carbocycles. The molecule has 0 saturated heterocycles. The van der Waals surface area contributed by atoms with Gasteiger partial charge in [0.25, 0.3) is 0 Å². The number of rotatable bonds is 4. The molecule has 1 unspecified atom stereocenters. The Morgan fingerprint density at radius 2 is 1.85 bits per heavy atom. The monoisotopic (exact) mass is 303 g/mol. The molecule has 1 atom stereocenters. The highest BCUT2D eigenvalue weighted by Crippen LogP contribution is 2.34. The fourth-order valence-corrected chi connectivity index (χ4v) is 2.26. The highest BCUT2D eigenvalue weighted by molar-refractivity contribution is 7.15. The van der Waals surface area contributed by atoms with E-state index in [0.29, 0.717) is 11.3 Å². The number of anilines is 1. The molecule has 2 aromatic rings. The van der Waals surface area contributed by atoms with Gasteiger partial charge in [-0.15, -0.1) is 10.2 Å². The van der Waals surface area contributed by atoms with E-state index < -0.39 is 11.2 Å². The highest BCUT2D eigenvalue weighted by atomic mass is 32.1. The Kier molecular flexibility index (Phi) is 4.12. The zero-order valence-electron chi connectivity index (χ0n) is 10.7. The molecule has 1 aromatic heterocycles. The van der Waals surface area contributed by atoms with Crippen molar-refractivity contribution < 1.29 is 17.9 Å². The van der Waals surface area contributed by atoms with Gasteiger partial charge >= 0.3 is 6.18 Å². The van der Waals surface area contributed by atoms with Crippen LogP contribution in [-0.2, 0) is 6.18 Å². The van der Waals surface area contributed by atoms with E-state index >= 15 is 0 Å². The summed E-state index contributed by atoms with van der Waals surface area (Å²) in [6.07, 6.45) is -4.46. The molecule has 1 N–H and O–H groups in total. The van der Waals surface area contributed by atoms with Crippen molar-refractivity contribution in [2.75, 3.05) is 12.4 Å². The molecule has 4 nitrogen and oxygen atoms in total. The third-order valence-electron chi connectivity index (χ3n) is 2.62. The minimum absolute atomic E-state index is 0.139. The highest BCUT2D eigenvalue weighted by Gasteiger charge is 2.35. The quantitative estimate of drug-likeness (QED) is 0.934. The van der Waals surface area contributed by atoms with Crippen LogP contribution in [0.25, 0.3) is 0 Å². The van der Waals surface area contributed by atoms with Crippen LogP contribution in [0.4, 0.5) is 18.3 Å². The van der Waals surface area contributed by atoms with Crippen molar-refractivity contribution in [3.8, 4) is 5.75 Å². The molecule has 1 aromatic carbocycles. The Balaban J connectivity index is 2.07. The van der Waals surface area contributed by atoms with E-state index in [1.807, 2.05) is 19.1 Å². The molecule has 1 heterocycles. The molecule has 0 radical (unpaired) electrons. The summed E-state index contributed by atoms with van der Waals surface area (Å²) >= 11 is 0.487. The first-order valence-electron chi connectivity index (χ1n) is 5.71. The molecular formula is C12H12F3N3OS. The number of nitrogens with zero attached hydrogens (tertiary/aromatic N) is 2. The number of aromatic nitrogens is 2. The van der Waals surface area contributed by atoms with Gasteiger partial charge in [-0.1, -0.05) is 23.5 Å². The summed E-state index contributed by atoms with van der Waals surface area (Å²) in [6, 6.07) is 7.06. The van der Waals surface area contributed by atoms with Crippen LogP contribution in [0.2, 0.25) is 0 Å². The second-order valence-corrected chi connectivity index (χ2v) is 5.03. The fraction of sp³-hybridized carbons (Fsp3) is 0.333. The summed E-state index contributed by atoms with van der Waals surface area (Å²) in [4.78, 5) is 0. The lowest BCUT2D eigenvalue weighted by Gasteiger charge is -2.13. The van der Waals surface area contributed by atoms with E-state index in [0.717, 1.165) is 11.3 Å². The Labute approximate surface area is 117 Å². The van der Waals surface area contributed by atoms with E-state index in [2.05, 4.69) is 15.5 Å². The number of hydrogen-bond acceptors (Lipinski definition) is 5. The molecule has 0 aliphatic heterocycles. The van der Waals surface area contributed by atoms with Gasteiger partial charge in [-0.3, -0.25) is 0 Å². The van der Waals surface area contributed by atoms with Crippen LogP contribution in [0.1, 0.15) is 23.5 Å². The number of hydrogen-bond donors (Lipinski definition) is 1. The third-order valence-corrected chi connectivity index (χ3v) is 3.52. The lowest BCUT2D eigenvalue weighted by atomic mass is 10.1. The third kappa shape index (κ3) is 3.38. The lowest BCUT2D eigenvalue weighted by molar-refractivity contribution is -0.138. The van der Waals surface area contributed by atoms with Crippen LogP contribution < -0.4 is 10.1 Å². The van der Waals surface area contributed by atoms with Crippen molar-refractivity contribution in [2.45, 2.75) is 19.1 Å². The van der Waals surface area contributed by atoms with Crippen LogP contribution in [0.3, 0.4) is 0 Å². The lowest BCUT2D eigenvalue weighted by Crippen LogP contribution is -2.06. The Bertz CT molecular complexity index is 568. The molecule has 0 aliphatic rings. The number of alkyl halides is 3. The van der Waals surface area contributed by atoms with Gasteiger partial charge in [0.15, 0.2) is 0 Å². The Hall–Kier alpha value is -1.83. The number of nitrogens with one attached hydrogen (secondary N) is 1. The minimum atomic E-state index is -4.46. The zero-order chi connectivity index (χ0) is 14.8. The maximum atomic E-state index is 12.4. The smallest absolute Gasteiger partial charge is 0.445 e. The molecule has 8 heteroatoms. The van der Waals surface area contributed by atoms with E-state index in [9.17, 15) is 13.2 Å². The van der Waals surface area contributed by atoms with Crippen LogP contribution in [0.15, 0.2) is 24.3 Å². The molecule has 0 spiro atoms. The number of benzene rings is 1. The van der Waals surface area contributed by atoms with Crippen LogP contribution in [-0.4, -0.2) is 17.3 Å². The maximum absolute atomic E-state index is 12.4. The Morgan fingerprint density at radius 3 is 2.35 bits per heavy atom. The normalized spacial score (nSPS) is 13.1. The summed E-state index contributed by atoms with van der Waals surface area (Å²) < 4.78 is 42.3. The van der Waals surface area contributed by atoms with Crippen molar-refractivity contribution >= 4 is 16.5 Å². The first-order valence-corrected chi connectivity index (χ1v) is 6.53. The second kappa shape index (κ2) is 5.66. The fourth-order valence-electron chi connectivity index (χ4n) is 1.56. The van der Waals surface area contributed by atoms with Gasteiger partial charge in [0.1, 0.15) is 5.75 Å². The van der Waals surface area contributed by atoms with Crippen molar-refractivity contribution in [3.63, 3.8) is 0 Å². The second-order valence-electron chi connectivity index (χ2n) is 4.05.